The first-order chi connectivity index (χ1) is 14.1. The number of benzene rings is 2. The number of rotatable bonds is 5. The fourth-order valence-corrected chi connectivity index (χ4v) is 7.68. The molecule has 2 aromatic carbocycles. The van der Waals surface area contributed by atoms with E-state index in [1.165, 1.54) is 0 Å². The summed E-state index contributed by atoms with van der Waals surface area (Å²) in [6, 6.07) is 19.9. The Morgan fingerprint density at radius 1 is 1.00 bits per heavy atom. The standard InChI is InChI=1S/C25H34O4Si/c1-17-21(24(3,4)5)16-25(23(27)28,18(2)22(17)26)29-30(19-12-8-6-9-13-19)20-14-10-7-11-15-20/h6-15,17-18,21-22,26,30H,16H2,1-5H3,(H,27,28)/t17-,18?,21+,22+,25+/m0/s1. The van der Waals surface area contributed by atoms with Crippen molar-refractivity contribution in [2.24, 2.45) is 23.2 Å². The maximum Gasteiger partial charge on any atom is 0.335 e. The highest BCUT2D eigenvalue weighted by atomic mass is 28.3. The molecule has 1 unspecified atom stereocenters. The number of aliphatic hydroxyl groups excluding tert-OH is 1. The lowest BCUT2D eigenvalue weighted by atomic mass is 9.58. The normalized spacial score (nSPS) is 29.7. The molecule has 0 saturated heterocycles. The van der Waals surface area contributed by atoms with Gasteiger partial charge < -0.3 is 14.6 Å². The average Bonchev–Trinajstić information content (AvgIpc) is 2.72. The van der Waals surface area contributed by atoms with E-state index in [0.717, 1.165) is 10.4 Å². The zero-order valence-corrected chi connectivity index (χ0v) is 19.7. The van der Waals surface area contributed by atoms with Crippen LogP contribution in [0.4, 0.5) is 0 Å². The Bertz CT molecular complexity index is 809. The Labute approximate surface area is 181 Å². The molecule has 5 heteroatoms. The molecule has 2 aromatic rings. The zero-order chi connectivity index (χ0) is 22.1. The predicted octanol–water partition coefficient (Wildman–Crippen LogP) is 3.06. The van der Waals surface area contributed by atoms with E-state index in [2.05, 4.69) is 20.8 Å². The van der Waals surface area contributed by atoms with Crippen LogP contribution in [0.2, 0.25) is 0 Å². The first kappa shape index (κ1) is 22.7. The summed E-state index contributed by atoms with van der Waals surface area (Å²) in [5.41, 5.74) is -1.56. The second kappa shape index (κ2) is 8.65. The molecule has 0 amide bonds. The van der Waals surface area contributed by atoms with Gasteiger partial charge in [0.1, 0.15) is 0 Å². The van der Waals surface area contributed by atoms with Gasteiger partial charge in [0.25, 0.3) is 0 Å². The van der Waals surface area contributed by atoms with Crippen molar-refractivity contribution < 1.29 is 19.4 Å². The van der Waals surface area contributed by atoms with E-state index >= 15 is 0 Å². The molecular formula is C25H34O4Si. The van der Waals surface area contributed by atoms with Gasteiger partial charge in [0.15, 0.2) is 5.60 Å². The fourth-order valence-electron chi connectivity index (χ4n) is 5.04. The molecule has 5 atom stereocenters. The van der Waals surface area contributed by atoms with Gasteiger partial charge >= 0.3 is 5.97 Å². The molecule has 0 bridgehead atoms. The van der Waals surface area contributed by atoms with E-state index in [4.69, 9.17) is 4.43 Å². The van der Waals surface area contributed by atoms with Crippen molar-refractivity contribution in [1.29, 1.82) is 0 Å². The van der Waals surface area contributed by atoms with E-state index in [1.54, 1.807) is 0 Å². The fraction of sp³-hybridized carbons (Fsp3) is 0.480. The third-order valence-electron chi connectivity index (χ3n) is 6.95. The van der Waals surface area contributed by atoms with Crippen LogP contribution in [0.5, 0.6) is 0 Å². The number of hydrogen-bond acceptors (Lipinski definition) is 3. The molecule has 2 N–H and O–H groups in total. The van der Waals surface area contributed by atoms with Crippen molar-refractivity contribution in [1.82, 2.24) is 0 Å². The van der Waals surface area contributed by atoms with Gasteiger partial charge in [0, 0.05) is 5.92 Å². The van der Waals surface area contributed by atoms with E-state index in [0.29, 0.717) is 6.42 Å². The van der Waals surface area contributed by atoms with Crippen LogP contribution in [-0.4, -0.2) is 36.9 Å². The van der Waals surface area contributed by atoms with Gasteiger partial charge in [-0.25, -0.2) is 4.79 Å². The number of hydrogen-bond donors (Lipinski definition) is 2. The lowest BCUT2D eigenvalue weighted by Gasteiger charge is -2.53. The van der Waals surface area contributed by atoms with Crippen molar-refractivity contribution in [2.75, 3.05) is 0 Å². The highest BCUT2D eigenvalue weighted by Crippen LogP contribution is 2.49. The number of carboxylic acid groups (broad SMARTS) is 1. The van der Waals surface area contributed by atoms with Crippen LogP contribution in [0.25, 0.3) is 0 Å². The van der Waals surface area contributed by atoms with Crippen molar-refractivity contribution in [2.45, 2.75) is 52.7 Å². The molecule has 0 aliphatic heterocycles. The largest absolute Gasteiger partial charge is 0.479 e. The minimum Gasteiger partial charge on any atom is -0.479 e. The summed E-state index contributed by atoms with van der Waals surface area (Å²) in [6.07, 6.45) is -0.339. The van der Waals surface area contributed by atoms with Gasteiger partial charge in [0.05, 0.1) is 6.10 Å². The van der Waals surface area contributed by atoms with Gasteiger partial charge in [-0.15, -0.1) is 0 Å². The Hall–Kier alpha value is -1.95. The molecular weight excluding hydrogens is 392 g/mol. The van der Waals surface area contributed by atoms with Gasteiger partial charge in [-0.2, -0.15) is 0 Å². The lowest BCUT2D eigenvalue weighted by molar-refractivity contribution is -0.186. The summed E-state index contributed by atoms with van der Waals surface area (Å²) in [5, 5.41) is 23.6. The van der Waals surface area contributed by atoms with E-state index < -0.39 is 32.6 Å². The predicted molar refractivity (Wildman–Crippen MR) is 123 cm³/mol. The Morgan fingerprint density at radius 2 is 1.47 bits per heavy atom. The summed E-state index contributed by atoms with van der Waals surface area (Å²) < 4.78 is 6.75. The molecule has 162 valence electrons. The molecule has 0 radical (unpaired) electrons. The molecule has 1 fully saturated rings. The summed E-state index contributed by atoms with van der Waals surface area (Å²) in [7, 11) is -2.31. The molecule has 0 heterocycles. The summed E-state index contributed by atoms with van der Waals surface area (Å²) >= 11 is 0. The lowest BCUT2D eigenvalue weighted by Crippen LogP contribution is -2.64. The maximum atomic E-state index is 12.8. The Kier molecular flexibility index (Phi) is 6.56. The molecule has 1 aliphatic rings. The van der Waals surface area contributed by atoms with Crippen LogP contribution in [-0.2, 0) is 9.22 Å². The number of carbonyl (C=O) groups is 1. The summed E-state index contributed by atoms with van der Waals surface area (Å²) in [5.74, 6) is -1.45. The van der Waals surface area contributed by atoms with Crippen LogP contribution < -0.4 is 10.4 Å². The second-order valence-electron chi connectivity index (χ2n) is 9.83. The molecule has 1 saturated carbocycles. The number of aliphatic carboxylic acids is 1. The van der Waals surface area contributed by atoms with Gasteiger partial charge in [-0.3, -0.25) is 0 Å². The van der Waals surface area contributed by atoms with E-state index in [-0.39, 0.29) is 17.3 Å². The third-order valence-corrected chi connectivity index (χ3v) is 9.59. The van der Waals surface area contributed by atoms with Crippen molar-refractivity contribution in [3.63, 3.8) is 0 Å². The molecule has 1 aliphatic carbocycles. The minimum absolute atomic E-state index is 0.00430. The number of aliphatic hydroxyl groups is 1. The van der Waals surface area contributed by atoms with Crippen LogP contribution in [0.1, 0.15) is 41.0 Å². The Balaban J connectivity index is 2.10. The van der Waals surface area contributed by atoms with Crippen molar-refractivity contribution in [3.8, 4) is 0 Å². The molecule has 30 heavy (non-hydrogen) atoms. The average molecular weight is 427 g/mol. The number of carboxylic acids is 1. The highest BCUT2D eigenvalue weighted by Gasteiger charge is 2.58. The molecule has 4 nitrogen and oxygen atoms in total. The Morgan fingerprint density at radius 3 is 1.87 bits per heavy atom. The van der Waals surface area contributed by atoms with Crippen LogP contribution in [0.3, 0.4) is 0 Å². The van der Waals surface area contributed by atoms with Crippen molar-refractivity contribution >= 4 is 25.4 Å². The van der Waals surface area contributed by atoms with Crippen LogP contribution in [0, 0.1) is 23.2 Å². The molecule has 0 spiro atoms. The smallest absolute Gasteiger partial charge is 0.335 e. The van der Waals surface area contributed by atoms with Gasteiger partial charge in [-0.05, 0) is 34.0 Å². The van der Waals surface area contributed by atoms with Crippen LogP contribution >= 0.6 is 0 Å². The summed E-state index contributed by atoms with van der Waals surface area (Å²) in [6.45, 7) is 10.2. The monoisotopic (exact) mass is 426 g/mol. The maximum absolute atomic E-state index is 12.8. The minimum atomic E-state index is -2.31. The first-order valence-electron chi connectivity index (χ1n) is 10.8. The summed E-state index contributed by atoms with van der Waals surface area (Å²) in [4.78, 5) is 12.8. The zero-order valence-electron chi connectivity index (χ0n) is 18.6. The first-order valence-corrected chi connectivity index (χ1v) is 12.4. The molecule has 3 rings (SSSR count). The topological polar surface area (TPSA) is 66.8 Å². The second-order valence-corrected chi connectivity index (χ2v) is 12.2. The highest BCUT2D eigenvalue weighted by molar-refractivity contribution is 6.80. The van der Waals surface area contributed by atoms with E-state index in [1.807, 2.05) is 74.5 Å². The van der Waals surface area contributed by atoms with Crippen molar-refractivity contribution in [3.05, 3.63) is 60.7 Å². The quantitative estimate of drug-likeness (QED) is 0.721. The SMILES string of the molecule is CC1[C@H](O)[C@@H](C)[C@H](C(C)(C)C)C[C@]1(O[SiH](c1ccccc1)c1ccccc1)C(=O)O. The van der Waals surface area contributed by atoms with Crippen LogP contribution in [0.15, 0.2) is 60.7 Å². The van der Waals surface area contributed by atoms with Gasteiger partial charge in [-0.1, -0.05) is 95.3 Å². The van der Waals surface area contributed by atoms with Gasteiger partial charge in [0.2, 0.25) is 9.04 Å². The third kappa shape index (κ3) is 4.24. The van der Waals surface area contributed by atoms with E-state index in [9.17, 15) is 15.0 Å². The molecule has 0 aromatic heterocycles.